The van der Waals surface area contributed by atoms with E-state index in [0.717, 1.165) is 25.0 Å². The van der Waals surface area contributed by atoms with Crippen molar-refractivity contribution in [1.29, 1.82) is 0 Å². The van der Waals surface area contributed by atoms with Gasteiger partial charge in [0.25, 0.3) is 0 Å². The van der Waals surface area contributed by atoms with E-state index >= 15 is 0 Å². The van der Waals surface area contributed by atoms with Crippen LogP contribution in [0.4, 0.5) is 18.0 Å². The minimum Gasteiger partial charge on any atom is -0.370 e. The molecule has 0 aliphatic heterocycles. The largest absolute Gasteiger partial charge is 0.416 e. The molecule has 0 aromatic heterocycles. The van der Waals surface area contributed by atoms with E-state index in [0.29, 0.717) is 11.0 Å². The highest BCUT2D eigenvalue weighted by Crippen LogP contribution is 2.55. The maximum atomic E-state index is 13.0. The molecule has 4 N–H and O–H groups in total. The van der Waals surface area contributed by atoms with Crippen molar-refractivity contribution >= 4 is 11.9 Å². The maximum Gasteiger partial charge on any atom is 0.416 e. The van der Waals surface area contributed by atoms with Crippen molar-refractivity contribution in [3.63, 3.8) is 0 Å². The Hall–Kier alpha value is -2.25. The summed E-state index contributed by atoms with van der Waals surface area (Å²) in [4.78, 5) is 23.4. The monoisotopic (exact) mass is 383 g/mol. The highest BCUT2D eigenvalue weighted by atomic mass is 19.4. The topological polar surface area (TPSA) is 84.2 Å². The van der Waals surface area contributed by atoms with Crippen LogP contribution in [0.3, 0.4) is 0 Å². The van der Waals surface area contributed by atoms with Gasteiger partial charge in [0.15, 0.2) is 0 Å². The number of amides is 3. The van der Waals surface area contributed by atoms with Crippen molar-refractivity contribution in [2.24, 2.45) is 11.1 Å². The van der Waals surface area contributed by atoms with Gasteiger partial charge in [-0.3, -0.25) is 4.79 Å². The molecule has 1 unspecified atom stereocenters. The molecule has 8 heteroatoms. The van der Waals surface area contributed by atoms with Gasteiger partial charge in [-0.2, -0.15) is 13.2 Å². The predicted octanol–water partition coefficient (Wildman–Crippen LogP) is 3.64. The summed E-state index contributed by atoms with van der Waals surface area (Å²) in [7, 11) is 0. The lowest BCUT2D eigenvalue weighted by Gasteiger charge is -2.54. The SMILES string of the molecule is NC(=O)CCC(NC(=O)NC1CC2(CCC2)C1)c1cccc(C(F)(F)F)c1. The molecule has 2 fully saturated rings. The molecule has 2 aliphatic carbocycles. The van der Waals surface area contributed by atoms with E-state index in [1.807, 2.05) is 0 Å². The van der Waals surface area contributed by atoms with Crippen molar-refractivity contribution < 1.29 is 22.8 Å². The molecule has 1 atom stereocenters. The van der Waals surface area contributed by atoms with Crippen LogP contribution in [0, 0.1) is 5.41 Å². The van der Waals surface area contributed by atoms with Crippen LogP contribution in [0.5, 0.6) is 0 Å². The maximum absolute atomic E-state index is 13.0. The van der Waals surface area contributed by atoms with Gasteiger partial charge in [0.2, 0.25) is 5.91 Å². The van der Waals surface area contributed by atoms with Gasteiger partial charge in [0, 0.05) is 12.5 Å². The van der Waals surface area contributed by atoms with Gasteiger partial charge in [0.05, 0.1) is 11.6 Å². The Labute approximate surface area is 155 Å². The smallest absolute Gasteiger partial charge is 0.370 e. The summed E-state index contributed by atoms with van der Waals surface area (Å²) >= 11 is 0. The number of nitrogens with one attached hydrogen (secondary N) is 2. The molecule has 1 aromatic carbocycles. The molecule has 0 heterocycles. The predicted molar refractivity (Wildman–Crippen MR) is 93.6 cm³/mol. The summed E-state index contributed by atoms with van der Waals surface area (Å²) in [5.41, 5.74) is 5.07. The van der Waals surface area contributed by atoms with E-state index in [1.54, 1.807) is 0 Å². The van der Waals surface area contributed by atoms with Crippen molar-refractivity contribution in [1.82, 2.24) is 10.6 Å². The summed E-state index contributed by atoms with van der Waals surface area (Å²) < 4.78 is 38.9. The summed E-state index contributed by atoms with van der Waals surface area (Å²) in [6.45, 7) is 0. The average molecular weight is 383 g/mol. The van der Waals surface area contributed by atoms with Gasteiger partial charge in [-0.25, -0.2) is 4.79 Å². The Morgan fingerprint density at radius 3 is 2.52 bits per heavy atom. The zero-order chi connectivity index (χ0) is 19.7. The fourth-order valence-corrected chi connectivity index (χ4v) is 4.10. The molecule has 3 rings (SSSR count). The molecular formula is C19H24F3N3O2. The van der Waals surface area contributed by atoms with Crippen molar-refractivity contribution in [2.45, 2.75) is 63.2 Å². The van der Waals surface area contributed by atoms with Crippen molar-refractivity contribution in [3.8, 4) is 0 Å². The standard InChI is InChI=1S/C19H24F3N3O2/c20-19(21,22)13-4-1-3-12(9-13)15(5-6-16(23)26)25-17(27)24-14-10-18(11-14)7-2-8-18/h1,3-4,9,14-15H,2,5-8,10-11H2,(H2,23,26)(H2,24,25,27). The number of primary amides is 1. The lowest BCUT2D eigenvalue weighted by Crippen LogP contribution is -2.55. The third kappa shape index (κ3) is 4.73. The van der Waals surface area contributed by atoms with E-state index in [9.17, 15) is 22.8 Å². The molecule has 0 bridgehead atoms. The number of rotatable bonds is 6. The lowest BCUT2D eigenvalue weighted by atomic mass is 9.54. The number of halogens is 3. The highest BCUT2D eigenvalue weighted by Gasteiger charge is 2.48. The minimum atomic E-state index is -4.48. The summed E-state index contributed by atoms with van der Waals surface area (Å²) in [5, 5.41) is 5.59. The molecule has 2 aliphatic rings. The van der Waals surface area contributed by atoms with E-state index in [1.165, 1.54) is 31.4 Å². The Bertz CT molecular complexity index is 708. The second kappa shape index (κ2) is 7.40. The van der Waals surface area contributed by atoms with Crippen LogP contribution in [0.25, 0.3) is 0 Å². The quantitative estimate of drug-likeness (QED) is 0.701. The normalized spacial score (nSPS) is 19.7. The number of hydrogen-bond donors (Lipinski definition) is 3. The number of hydrogen-bond acceptors (Lipinski definition) is 2. The van der Waals surface area contributed by atoms with Crippen LogP contribution in [-0.4, -0.2) is 18.0 Å². The van der Waals surface area contributed by atoms with E-state index in [-0.39, 0.29) is 18.9 Å². The molecule has 0 radical (unpaired) electrons. The molecular weight excluding hydrogens is 359 g/mol. The van der Waals surface area contributed by atoms with Crippen LogP contribution in [0.1, 0.15) is 62.1 Å². The first-order valence-corrected chi connectivity index (χ1v) is 9.19. The Balaban J connectivity index is 1.64. The van der Waals surface area contributed by atoms with Crippen molar-refractivity contribution in [3.05, 3.63) is 35.4 Å². The minimum absolute atomic E-state index is 0.0340. The highest BCUT2D eigenvalue weighted by molar-refractivity contribution is 5.76. The molecule has 0 saturated heterocycles. The fraction of sp³-hybridized carbons (Fsp3) is 0.579. The van der Waals surface area contributed by atoms with Crippen LogP contribution in [0.2, 0.25) is 0 Å². The Kier molecular flexibility index (Phi) is 5.35. The molecule has 27 heavy (non-hydrogen) atoms. The Morgan fingerprint density at radius 2 is 1.96 bits per heavy atom. The first kappa shape index (κ1) is 19.5. The van der Waals surface area contributed by atoms with Gasteiger partial charge in [-0.1, -0.05) is 18.6 Å². The van der Waals surface area contributed by atoms with E-state index in [2.05, 4.69) is 10.6 Å². The molecule has 3 amide bonds. The van der Waals surface area contributed by atoms with Crippen molar-refractivity contribution in [2.75, 3.05) is 0 Å². The summed E-state index contributed by atoms with van der Waals surface area (Å²) in [6.07, 6.45) is 1.19. The third-order valence-corrected chi connectivity index (χ3v) is 5.71. The second-order valence-electron chi connectivity index (χ2n) is 7.76. The van der Waals surface area contributed by atoms with Gasteiger partial charge in [-0.15, -0.1) is 0 Å². The Morgan fingerprint density at radius 1 is 1.26 bits per heavy atom. The molecule has 148 valence electrons. The van der Waals surface area contributed by atoms with Crippen LogP contribution < -0.4 is 16.4 Å². The number of benzene rings is 1. The fourth-order valence-electron chi connectivity index (χ4n) is 4.10. The lowest BCUT2D eigenvalue weighted by molar-refractivity contribution is -0.137. The molecule has 5 nitrogen and oxygen atoms in total. The first-order chi connectivity index (χ1) is 12.7. The zero-order valence-corrected chi connectivity index (χ0v) is 14.9. The van der Waals surface area contributed by atoms with E-state index < -0.39 is 29.7 Å². The number of nitrogens with two attached hydrogens (primary N) is 1. The van der Waals surface area contributed by atoms with Crippen LogP contribution >= 0.6 is 0 Å². The van der Waals surface area contributed by atoms with Gasteiger partial charge < -0.3 is 16.4 Å². The van der Waals surface area contributed by atoms with Gasteiger partial charge in [-0.05, 0) is 55.2 Å². The second-order valence-corrected chi connectivity index (χ2v) is 7.76. The molecule has 2 saturated carbocycles. The van der Waals surface area contributed by atoms with Crippen LogP contribution in [-0.2, 0) is 11.0 Å². The number of carbonyl (C=O) groups excluding carboxylic acids is 2. The summed E-state index contributed by atoms with van der Waals surface area (Å²) in [6, 6.07) is 3.72. The first-order valence-electron chi connectivity index (χ1n) is 9.19. The third-order valence-electron chi connectivity index (χ3n) is 5.71. The number of alkyl halides is 3. The molecule has 1 aromatic rings. The van der Waals surface area contributed by atoms with Gasteiger partial charge in [0.1, 0.15) is 0 Å². The van der Waals surface area contributed by atoms with Gasteiger partial charge >= 0.3 is 12.2 Å². The van der Waals surface area contributed by atoms with Crippen LogP contribution in [0.15, 0.2) is 24.3 Å². The summed E-state index contributed by atoms with van der Waals surface area (Å²) in [5.74, 6) is -0.569. The molecule has 1 spiro atoms. The zero-order valence-electron chi connectivity index (χ0n) is 14.9. The average Bonchev–Trinajstić information content (AvgIpc) is 2.51. The van der Waals surface area contributed by atoms with E-state index in [4.69, 9.17) is 5.73 Å². The number of carbonyl (C=O) groups is 2. The number of urea groups is 1.